The van der Waals surface area contributed by atoms with Crippen LogP contribution in [-0.2, 0) is 20.0 Å². The number of hydrogen-bond acceptors (Lipinski definition) is 1. The van der Waals surface area contributed by atoms with Gasteiger partial charge in [0, 0.05) is 47.4 Å². The summed E-state index contributed by atoms with van der Waals surface area (Å²) in [6.07, 6.45) is 3.06. The number of carbonyl (C=O) groups excluding carboxylic acids is 1. The predicted octanol–water partition coefficient (Wildman–Crippen LogP) is 4.53. The number of amides is 2. The fraction of sp³-hybridized carbons (Fsp3) is 0.211. The number of hydrogen-bond donors (Lipinski definition) is 1. The summed E-state index contributed by atoms with van der Waals surface area (Å²) in [4.78, 5) is 14.6. The van der Waals surface area contributed by atoms with Crippen molar-refractivity contribution in [2.24, 2.45) is 7.05 Å². The Balaban J connectivity index is 1.61. The lowest BCUT2D eigenvalue weighted by Gasteiger charge is -2.22. The average Bonchev–Trinajstić information content (AvgIpc) is 2.76. The van der Waals surface area contributed by atoms with Crippen molar-refractivity contribution in [1.82, 2.24) is 9.47 Å². The maximum atomic E-state index is 12.7. The van der Waals surface area contributed by atoms with Gasteiger partial charge in [-0.15, -0.1) is 0 Å². The van der Waals surface area contributed by atoms with Crippen LogP contribution in [0.25, 0.3) is 10.9 Å². The standard InChI is InChI=1S/C19H18BrN3O/c1-22-11-14-8-9-23(12-13-4-2-7-17(22)18(13)14)19(24)21-16-6-3-5-15(20)10-16/h2-7,10-11H,8-9,12H2,1H3,(H,21,24). The third kappa shape index (κ3) is 2.69. The molecule has 3 aromatic rings. The Labute approximate surface area is 149 Å². The first-order chi connectivity index (χ1) is 11.6. The van der Waals surface area contributed by atoms with Gasteiger partial charge in [0.2, 0.25) is 0 Å². The third-order valence-corrected chi connectivity index (χ3v) is 5.05. The molecule has 1 aliphatic heterocycles. The minimum atomic E-state index is -0.0559. The van der Waals surface area contributed by atoms with Gasteiger partial charge in [-0.05, 0) is 41.8 Å². The molecule has 1 N–H and O–H groups in total. The van der Waals surface area contributed by atoms with Crippen molar-refractivity contribution < 1.29 is 4.79 Å². The summed E-state index contributed by atoms with van der Waals surface area (Å²) < 4.78 is 3.12. The Morgan fingerprint density at radius 3 is 2.83 bits per heavy atom. The van der Waals surface area contributed by atoms with E-state index < -0.39 is 0 Å². The van der Waals surface area contributed by atoms with Crippen molar-refractivity contribution in [2.45, 2.75) is 13.0 Å². The molecular weight excluding hydrogens is 366 g/mol. The van der Waals surface area contributed by atoms with E-state index in [4.69, 9.17) is 0 Å². The van der Waals surface area contributed by atoms with Crippen molar-refractivity contribution in [3.05, 3.63) is 64.3 Å². The smallest absolute Gasteiger partial charge is 0.322 e. The molecule has 0 saturated carbocycles. The van der Waals surface area contributed by atoms with Crippen LogP contribution >= 0.6 is 15.9 Å². The van der Waals surface area contributed by atoms with Crippen LogP contribution in [0.5, 0.6) is 0 Å². The molecule has 4 nitrogen and oxygen atoms in total. The molecule has 24 heavy (non-hydrogen) atoms. The maximum Gasteiger partial charge on any atom is 0.322 e. The topological polar surface area (TPSA) is 37.3 Å². The molecular formula is C19H18BrN3O. The predicted molar refractivity (Wildman–Crippen MR) is 100 cm³/mol. The van der Waals surface area contributed by atoms with E-state index in [2.05, 4.69) is 57.3 Å². The molecule has 1 aliphatic rings. The zero-order valence-corrected chi connectivity index (χ0v) is 15.0. The molecule has 2 amide bonds. The summed E-state index contributed by atoms with van der Waals surface area (Å²) in [7, 11) is 2.08. The Hall–Kier alpha value is -2.27. The fourth-order valence-electron chi connectivity index (χ4n) is 3.42. The highest BCUT2D eigenvalue weighted by Crippen LogP contribution is 2.29. The van der Waals surface area contributed by atoms with Gasteiger partial charge in [0.05, 0.1) is 0 Å². The Morgan fingerprint density at radius 1 is 1.17 bits per heavy atom. The lowest BCUT2D eigenvalue weighted by atomic mass is 10.1. The second-order valence-electron chi connectivity index (χ2n) is 6.19. The number of rotatable bonds is 1. The highest BCUT2D eigenvalue weighted by molar-refractivity contribution is 9.10. The lowest BCUT2D eigenvalue weighted by Crippen LogP contribution is -2.35. The molecule has 0 spiro atoms. The van der Waals surface area contributed by atoms with Crippen LogP contribution in [0.2, 0.25) is 0 Å². The number of aryl methyl sites for hydroxylation is 1. The normalized spacial score (nSPS) is 13.8. The largest absolute Gasteiger partial charge is 0.350 e. The molecule has 122 valence electrons. The van der Waals surface area contributed by atoms with Gasteiger partial charge in [-0.3, -0.25) is 0 Å². The third-order valence-electron chi connectivity index (χ3n) is 4.55. The van der Waals surface area contributed by atoms with Crippen molar-refractivity contribution in [3.8, 4) is 0 Å². The molecule has 2 heterocycles. The van der Waals surface area contributed by atoms with Crippen molar-refractivity contribution in [2.75, 3.05) is 11.9 Å². The molecule has 0 aliphatic carbocycles. The minimum absolute atomic E-state index is 0.0559. The van der Waals surface area contributed by atoms with Crippen LogP contribution < -0.4 is 5.32 Å². The molecule has 2 aromatic carbocycles. The number of nitrogens with zero attached hydrogens (tertiary/aromatic N) is 2. The summed E-state index contributed by atoms with van der Waals surface area (Å²) in [6, 6.07) is 13.9. The van der Waals surface area contributed by atoms with E-state index in [1.165, 1.54) is 22.0 Å². The summed E-state index contributed by atoms with van der Waals surface area (Å²) >= 11 is 3.43. The Bertz CT molecular complexity index is 932. The van der Waals surface area contributed by atoms with Gasteiger partial charge in [-0.25, -0.2) is 4.79 Å². The second-order valence-corrected chi connectivity index (χ2v) is 7.10. The molecule has 0 saturated heterocycles. The first-order valence-electron chi connectivity index (χ1n) is 7.99. The first kappa shape index (κ1) is 15.3. The second kappa shape index (κ2) is 5.98. The molecule has 0 atom stereocenters. The van der Waals surface area contributed by atoms with E-state index in [1.54, 1.807) is 0 Å². The molecule has 0 radical (unpaired) electrons. The summed E-state index contributed by atoms with van der Waals surface area (Å²) in [5.41, 5.74) is 4.57. The number of nitrogens with one attached hydrogen (secondary N) is 1. The molecule has 0 fully saturated rings. The van der Waals surface area contributed by atoms with Crippen LogP contribution in [0.4, 0.5) is 10.5 Å². The van der Waals surface area contributed by atoms with Crippen LogP contribution in [0.3, 0.4) is 0 Å². The lowest BCUT2D eigenvalue weighted by molar-refractivity contribution is 0.210. The van der Waals surface area contributed by atoms with Gasteiger partial charge in [-0.1, -0.05) is 34.1 Å². The molecule has 0 bridgehead atoms. The van der Waals surface area contributed by atoms with Crippen LogP contribution in [0.1, 0.15) is 11.1 Å². The fourth-order valence-corrected chi connectivity index (χ4v) is 3.82. The number of anilines is 1. The van der Waals surface area contributed by atoms with Gasteiger partial charge in [0.25, 0.3) is 0 Å². The van der Waals surface area contributed by atoms with E-state index in [9.17, 15) is 4.79 Å². The highest BCUT2D eigenvalue weighted by atomic mass is 79.9. The average molecular weight is 384 g/mol. The Morgan fingerprint density at radius 2 is 2.00 bits per heavy atom. The monoisotopic (exact) mass is 383 g/mol. The van der Waals surface area contributed by atoms with Crippen LogP contribution in [-0.4, -0.2) is 22.0 Å². The number of halogens is 1. The van der Waals surface area contributed by atoms with Gasteiger partial charge in [-0.2, -0.15) is 0 Å². The summed E-state index contributed by atoms with van der Waals surface area (Å²) in [6.45, 7) is 1.35. The molecule has 4 rings (SSSR count). The van der Waals surface area contributed by atoms with Crippen molar-refractivity contribution in [1.29, 1.82) is 0 Å². The van der Waals surface area contributed by atoms with E-state index in [-0.39, 0.29) is 6.03 Å². The van der Waals surface area contributed by atoms with Crippen LogP contribution in [0.15, 0.2) is 53.1 Å². The molecule has 0 unspecified atom stereocenters. The van der Waals surface area contributed by atoms with E-state index in [0.717, 1.165) is 16.6 Å². The summed E-state index contributed by atoms with van der Waals surface area (Å²) in [5, 5.41) is 4.30. The van der Waals surface area contributed by atoms with E-state index in [1.807, 2.05) is 29.2 Å². The zero-order chi connectivity index (χ0) is 16.7. The zero-order valence-electron chi connectivity index (χ0n) is 13.4. The van der Waals surface area contributed by atoms with Crippen molar-refractivity contribution in [3.63, 3.8) is 0 Å². The SMILES string of the molecule is Cn1cc2c3c(cccc31)CN(C(=O)Nc1cccc(Br)c1)CC2. The summed E-state index contributed by atoms with van der Waals surface area (Å²) in [5.74, 6) is 0. The number of aromatic nitrogens is 1. The highest BCUT2D eigenvalue weighted by Gasteiger charge is 2.21. The number of benzene rings is 2. The number of urea groups is 1. The minimum Gasteiger partial charge on any atom is -0.350 e. The molecule has 5 heteroatoms. The van der Waals surface area contributed by atoms with Gasteiger partial charge in [0.1, 0.15) is 0 Å². The Kier molecular flexibility index (Phi) is 3.81. The van der Waals surface area contributed by atoms with Crippen molar-refractivity contribution >= 4 is 38.6 Å². The van der Waals surface area contributed by atoms with Crippen LogP contribution in [0, 0.1) is 0 Å². The van der Waals surface area contributed by atoms with E-state index >= 15 is 0 Å². The van der Waals surface area contributed by atoms with Gasteiger partial charge in [0.15, 0.2) is 0 Å². The van der Waals surface area contributed by atoms with Gasteiger partial charge < -0.3 is 14.8 Å². The van der Waals surface area contributed by atoms with E-state index in [0.29, 0.717) is 13.1 Å². The molecule has 1 aromatic heterocycles. The van der Waals surface area contributed by atoms with Gasteiger partial charge >= 0.3 is 6.03 Å². The maximum absolute atomic E-state index is 12.7. The number of carbonyl (C=O) groups is 1. The quantitative estimate of drug-likeness (QED) is 0.658. The first-order valence-corrected chi connectivity index (χ1v) is 8.78.